The summed E-state index contributed by atoms with van der Waals surface area (Å²) in [6, 6.07) is 8.34. The van der Waals surface area contributed by atoms with Gasteiger partial charge in [-0.2, -0.15) is 0 Å². The van der Waals surface area contributed by atoms with E-state index in [2.05, 4.69) is 28.2 Å². The van der Waals surface area contributed by atoms with Crippen LogP contribution in [0, 0.1) is 0 Å². The highest BCUT2D eigenvalue weighted by Gasteiger charge is 2.20. The van der Waals surface area contributed by atoms with Crippen LogP contribution in [0.5, 0.6) is 0 Å². The smallest absolute Gasteiger partial charge is 0.227 e. The molecule has 1 saturated heterocycles. The second kappa shape index (κ2) is 7.12. The number of amides is 1. The molecule has 0 saturated carbocycles. The molecule has 1 fully saturated rings. The molecule has 5 heteroatoms. The molecule has 18 heavy (non-hydrogen) atoms. The standard InChI is InChI=1S/C13H17BrN2O.ClH/c1-10-9-16(7-6-15-10)13(17)8-11-2-4-12(14)5-3-11;/h2-5,10,15H,6-9H2,1H3;1H. The third-order valence-corrected chi connectivity index (χ3v) is 3.52. The van der Waals surface area contributed by atoms with Crippen LogP contribution < -0.4 is 5.32 Å². The minimum atomic E-state index is 0. The lowest BCUT2D eigenvalue weighted by molar-refractivity contribution is -0.131. The minimum absolute atomic E-state index is 0. The van der Waals surface area contributed by atoms with Crippen LogP contribution in [0.2, 0.25) is 0 Å². The van der Waals surface area contributed by atoms with Crippen molar-refractivity contribution in [2.45, 2.75) is 19.4 Å². The molecule has 1 amide bonds. The van der Waals surface area contributed by atoms with Crippen LogP contribution in [0.1, 0.15) is 12.5 Å². The summed E-state index contributed by atoms with van der Waals surface area (Å²) in [5.74, 6) is 0.223. The zero-order valence-electron chi connectivity index (χ0n) is 10.4. The van der Waals surface area contributed by atoms with Crippen LogP contribution in [-0.4, -0.2) is 36.5 Å². The molecule has 2 rings (SSSR count). The largest absolute Gasteiger partial charge is 0.340 e. The molecule has 0 radical (unpaired) electrons. The fourth-order valence-electron chi connectivity index (χ4n) is 2.05. The Balaban J connectivity index is 0.00000162. The van der Waals surface area contributed by atoms with E-state index in [9.17, 15) is 4.79 Å². The number of piperazine rings is 1. The molecule has 0 aromatic heterocycles. The predicted molar refractivity (Wildman–Crippen MR) is 79.1 cm³/mol. The van der Waals surface area contributed by atoms with Gasteiger partial charge >= 0.3 is 0 Å². The third-order valence-electron chi connectivity index (χ3n) is 2.99. The summed E-state index contributed by atoms with van der Waals surface area (Å²) in [6.07, 6.45) is 0.500. The third kappa shape index (κ3) is 4.26. The van der Waals surface area contributed by atoms with Crippen molar-refractivity contribution in [3.8, 4) is 0 Å². The zero-order chi connectivity index (χ0) is 12.3. The van der Waals surface area contributed by atoms with Crippen molar-refractivity contribution in [2.75, 3.05) is 19.6 Å². The van der Waals surface area contributed by atoms with E-state index in [1.165, 1.54) is 0 Å². The highest BCUT2D eigenvalue weighted by Crippen LogP contribution is 2.12. The first-order valence-corrected chi connectivity index (χ1v) is 6.70. The van der Waals surface area contributed by atoms with E-state index in [1.54, 1.807) is 0 Å². The molecular formula is C13H18BrClN2O. The number of hydrogen-bond donors (Lipinski definition) is 1. The summed E-state index contributed by atoms with van der Waals surface area (Å²) in [6.45, 7) is 4.64. The summed E-state index contributed by atoms with van der Waals surface area (Å²) < 4.78 is 1.05. The maximum absolute atomic E-state index is 12.1. The molecular weight excluding hydrogens is 316 g/mol. The molecule has 0 spiro atoms. The molecule has 3 nitrogen and oxygen atoms in total. The Morgan fingerprint density at radius 3 is 2.72 bits per heavy atom. The van der Waals surface area contributed by atoms with Crippen LogP contribution in [-0.2, 0) is 11.2 Å². The van der Waals surface area contributed by atoms with Crippen molar-refractivity contribution in [2.24, 2.45) is 0 Å². The maximum atomic E-state index is 12.1. The average Bonchev–Trinajstić information content (AvgIpc) is 2.32. The van der Waals surface area contributed by atoms with E-state index in [1.807, 2.05) is 29.2 Å². The summed E-state index contributed by atoms with van der Waals surface area (Å²) in [4.78, 5) is 14.0. The number of nitrogens with zero attached hydrogens (tertiary/aromatic N) is 1. The summed E-state index contributed by atoms with van der Waals surface area (Å²) in [5.41, 5.74) is 1.07. The SMILES string of the molecule is CC1CN(C(=O)Cc2ccc(Br)cc2)CCN1.Cl. The maximum Gasteiger partial charge on any atom is 0.227 e. The summed E-state index contributed by atoms with van der Waals surface area (Å²) in [7, 11) is 0. The van der Waals surface area contributed by atoms with Gasteiger partial charge in [-0.3, -0.25) is 4.79 Å². The number of halogens is 2. The van der Waals surface area contributed by atoms with Gasteiger partial charge in [-0.1, -0.05) is 28.1 Å². The molecule has 1 heterocycles. The molecule has 0 aliphatic carbocycles. The van der Waals surface area contributed by atoms with E-state index in [4.69, 9.17) is 0 Å². The lowest BCUT2D eigenvalue weighted by Gasteiger charge is -2.32. The van der Waals surface area contributed by atoms with Crippen molar-refractivity contribution in [3.63, 3.8) is 0 Å². The second-order valence-corrected chi connectivity index (χ2v) is 5.41. The number of hydrogen-bond acceptors (Lipinski definition) is 2. The molecule has 1 aromatic carbocycles. The Morgan fingerprint density at radius 1 is 1.44 bits per heavy atom. The Morgan fingerprint density at radius 2 is 2.11 bits per heavy atom. The highest BCUT2D eigenvalue weighted by molar-refractivity contribution is 9.10. The number of benzene rings is 1. The number of carbonyl (C=O) groups is 1. The molecule has 1 atom stereocenters. The van der Waals surface area contributed by atoms with E-state index in [0.717, 1.165) is 29.7 Å². The first-order chi connectivity index (χ1) is 8.15. The molecule has 100 valence electrons. The first kappa shape index (κ1) is 15.5. The van der Waals surface area contributed by atoms with Crippen molar-refractivity contribution in [1.29, 1.82) is 0 Å². The van der Waals surface area contributed by atoms with Gasteiger partial charge in [0.05, 0.1) is 6.42 Å². The lowest BCUT2D eigenvalue weighted by atomic mass is 10.1. The minimum Gasteiger partial charge on any atom is -0.340 e. The van der Waals surface area contributed by atoms with Crippen LogP contribution in [0.15, 0.2) is 28.7 Å². The molecule has 1 aliphatic heterocycles. The van der Waals surface area contributed by atoms with Gasteiger partial charge in [0.2, 0.25) is 5.91 Å². The van der Waals surface area contributed by atoms with Crippen LogP contribution >= 0.6 is 28.3 Å². The number of rotatable bonds is 2. The molecule has 1 unspecified atom stereocenters. The topological polar surface area (TPSA) is 32.3 Å². The van der Waals surface area contributed by atoms with Crippen molar-refractivity contribution >= 4 is 34.2 Å². The van der Waals surface area contributed by atoms with Gasteiger partial charge < -0.3 is 10.2 Å². The Labute approximate surface area is 122 Å². The molecule has 1 aliphatic rings. The molecule has 0 bridgehead atoms. The fourth-order valence-corrected chi connectivity index (χ4v) is 2.31. The van der Waals surface area contributed by atoms with Gasteiger partial charge in [0.25, 0.3) is 0 Å². The Hall–Kier alpha value is -0.580. The van der Waals surface area contributed by atoms with E-state index in [-0.39, 0.29) is 18.3 Å². The van der Waals surface area contributed by atoms with E-state index < -0.39 is 0 Å². The number of carbonyl (C=O) groups excluding carboxylic acids is 1. The highest BCUT2D eigenvalue weighted by atomic mass is 79.9. The quantitative estimate of drug-likeness (QED) is 0.900. The average molecular weight is 334 g/mol. The van der Waals surface area contributed by atoms with Crippen LogP contribution in [0.3, 0.4) is 0 Å². The lowest BCUT2D eigenvalue weighted by Crippen LogP contribution is -2.51. The second-order valence-electron chi connectivity index (χ2n) is 4.50. The van der Waals surface area contributed by atoms with E-state index >= 15 is 0 Å². The van der Waals surface area contributed by atoms with Crippen LogP contribution in [0.25, 0.3) is 0 Å². The summed E-state index contributed by atoms with van der Waals surface area (Å²) in [5, 5.41) is 3.34. The Kier molecular flexibility index (Phi) is 6.12. The van der Waals surface area contributed by atoms with Gasteiger partial charge in [0.15, 0.2) is 0 Å². The summed E-state index contributed by atoms with van der Waals surface area (Å²) >= 11 is 3.39. The first-order valence-electron chi connectivity index (χ1n) is 5.91. The monoisotopic (exact) mass is 332 g/mol. The van der Waals surface area contributed by atoms with Gasteiger partial charge in [0.1, 0.15) is 0 Å². The zero-order valence-corrected chi connectivity index (χ0v) is 12.8. The van der Waals surface area contributed by atoms with Crippen LogP contribution in [0.4, 0.5) is 0 Å². The normalized spacial score (nSPS) is 19.2. The predicted octanol–water partition coefficient (Wildman–Crippen LogP) is 2.23. The van der Waals surface area contributed by atoms with Crippen molar-refractivity contribution < 1.29 is 4.79 Å². The van der Waals surface area contributed by atoms with E-state index in [0.29, 0.717) is 12.5 Å². The van der Waals surface area contributed by atoms with Gasteiger partial charge in [-0.05, 0) is 24.6 Å². The van der Waals surface area contributed by atoms with Crippen molar-refractivity contribution in [3.05, 3.63) is 34.3 Å². The number of nitrogens with one attached hydrogen (secondary N) is 1. The molecule has 1 aromatic rings. The van der Waals surface area contributed by atoms with Gasteiger partial charge in [-0.15, -0.1) is 12.4 Å². The van der Waals surface area contributed by atoms with Gasteiger partial charge in [-0.25, -0.2) is 0 Å². The Bertz CT molecular complexity index is 396. The van der Waals surface area contributed by atoms with Crippen molar-refractivity contribution in [1.82, 2.24) is 10.2 Å². The van der Waals surface area contributed by atoms with Gasteiger partial charge in [0, 0.05) is 30.1 Å². The molecule has 1 N–H and O–H groups in total. The fraction of sp³-hybridized carbons (Fsp3) is 0.462.